The van der Waals surface area contributed by atoms with Gasteiger partial charge in [0.1, 0.15) is 17.0 Å². The molecule has 2 aromatic rings. The molecule has 3 aliphatic heterocycles. The highest BCUT2D eigenvalue weighted by Gasteiger charge is 2.42. The number of fused-ring (bicyclic) bond motifs is 2. The monoisotopic (exact) mass is 365 g/mol. The van der Waals surface area contributed by atoms with Crippen LogP contribution in [0.15, 0.2) is 48.5 Å². The minimum absolute atomic E-state index is 0.0333. The van der Waals surface area contributed by atoms with E-state index in [0.717, 1.165) is 55.6 Å². The number of rotatable bonds is 2. The van der Waals surface area contributed by atoms with E-state index >= 15 is 0 Å². The Balaban J connectivity index is 1.27. The van der Waals surface area contributed by atoms with Crippen LogP contribution in [0.5, 0.6) is 5.75 Å². The van der Waals surface area contributed by atoms with Crippen molar-refractivity contribution in [3.8, 4) is 5.75 Å². The molecule has 0 bridgehead atoms. The lowest BCUT2D eigenvalue weighted by molar-refractivity contribution is -0.101. The van der Waals surface area contributed by atoms with Crippen LogP contribution in [0.1, 0.15) is 36.0 Å². The highest BCUT2D eigenvalue weighted by Crippen LogP contribution is 2.40. The van der Waals surface area contributed by atoms with Crippen LogP contribution in [0.25, 0.3) is 0 Å². The van der Waals surface area contributed by atoms with Gasteiger partial charge in [0.25, 0.3) is 0 Å². The van der Waals surface area contributed by atoms with Crippen molar-refractivity contribution in [2.75, 3.05) is 26.2 Å². The van der Waals surface area contributed by atoms with Gasteiger partial charge in [0.2, 0.25) is 0 Å². The number of hydrogen-bond acceptors (Lipinski definition) is 4. The molecule has 4 nitrogen and oxygen atoms in total. The Bertz CT molecular complexity index is 828. The highest BCUT2D eigenvalue weighted by atomic mass is 16.5. The molecule has 1 fully saturated rings. The normalized spacial score (nSPS) is 26.9. The van der Waals surface area contributed by atoms with E-state index in [2.05, 4.69) is 35.2 Å². The quantitative estimate of drug-likeness (QED) is 0.887. The van der Waals surface area contributed by atoms with Gasteiger partial charge in [-0.25, -0.2) is 0 Å². The first-order valence-corrected chi connectivity index (χ1v) is 10.0. The zero-order valence-corrected chi connectivity index (χ0v) is 15.7. The van der Waals surface area contributed by atoms with Crippen LogP contribution >= 0.6 is 0 Å². The zero-order chi connectivity index (χ0) is 18.3. The maximum absolute atomic E-state index is 11.3. The lowest BCUT2D eigenvalue weighted by Gasteiger charge is -2.46. The predicted molar refractivity (Wildman–Crippen MR) is 104 cm³/mol. The first-order valence-electron chi connectivity index (χ1n) is 10.0. The fraction of sp³-hybridized carbons (Fsp3) is 0.478. The molecule has 3 aliphatic rings. The summed E-state index contributed by atoms with van der Waals surface area (Å²) in [6.07, 6.45) is 4.22. The van der Waals surface area contributed by atoms with E-state index in [0.29, 0.717) is 19.8 Å². The maximum atomic E-state index is 11.3. The number of aryl methyl sites for hydroxylation is 1. The number of piperidine rings is 1. The average Bonchev–Trinajstić information content (AvgIpc) is 2.70. The molecule has 3 heterocycles. The number of benzene rings is 2. The lowest BCUT2D eigenvalue weighted by atomic mass is 9.82. The molecule has 0 aliphatic carbocycles. The van der Waals surface area contributed by atoms with Gasteiger partial charge in [-0.3, -0.25) is 4.90 Å². The van der Waals surface area contributed by atoms with Crippen LogP contribution in [0.3, 0.4) is 0 Å². The standard InChI is InChI=1S/C23H27NO3/c25-23(17-26-15-19-6-1-3-7-20(19)23)16-24-13-11-22(12-14-24)10-9-18-5-2-4-8-21(18)27-22/h1-8,25H,9-17H2. The molecule has 142 valence electrons. The van der Waals surface area contributed by atoms with E-state index in [-0.39, 0.29) is 5.60 Å². The molecule has 0 aromatic heterocycles. The second kappa shape index (κ2) is 6.62. The smallest absolute Gasteiger partial charge is 0.126 e. The summed E-state index contributed by atoms with van der Waals surface area (Å²) in [6, 6.07) is 16.5. The molecule has 1 spiro atoms. The summed E-state index contributed by atoms with van der Waals surface area (Å²) in [5.74, 6) is 1.06. The van der Waals surface area contributed by atoms with E-state index in [1.165, 1.54) is 5.56 Å². The number of aliphatic hydroxyl groups is 1. The van der Waals surface area contributed by atoms with E-state index in [1.807, 2.05) is 18.2 Å². The van der Waals surface area contributed by atoms with Gasteiger partial charge in [-0.1, -0.05) is 42.5 Å². The third-order valence-corrected chi connectivity index (χ3v) is 6.52. The Morgan fingerprint density at radius 3 is 2.52 bits per heavy atom. The van der Waals surface area contributed by atoms with Crippen LogP contribution < -0.4 is 4.74 Å². The van der Waals surface area contributed by atoms with Crippen LogP contribution in [0, 0.1) is 0 Å². The maximum Gasteiger partial charge on any atom is 0.126 e. The van der Waals surface area contributed by atoms with Crippen molar-refractivity contribution in [3.05, 3.63) is 65.2 Å². The van der Waals surface area contributed by atoms with Gasteiger partial charge in [-0.05, 0) is 48.4 Å². The van der Waals surface area contributed by atoms with Crippen LogP contribution in [0.2, 0.25) is 0 Å². The zero-order valence-electron chi connectivity index (χ0n) is 15.7. The molecule has 1 atom stereocenters. The number of likely N-dealkylation sites (tertiary alicyclic amines) is 1. The Morgan fingerprint density at radius 2 is 1.67 bits per heavy atom. The summed E-state index contributed by atoms with van der Waals surface area (Å²) < 4.78 is 12.2. The van der Waals surface area contributed by atoms with Gasteiger partial charge in [0.05, 0.1) is 13.2 Å². The molecule has 1 N–H and O–H groups in total. The summed E-state index contributed by atoms with van der Waals surface area (Å²) in [4.78, 5) is 2.38. The molecular weight excluding hydrogens is 338 g/mol. The fourth-order valence-corrected chi connectivity index (χ4v) is 4.94. The summed E-state index contributed by atoms with van der Waals surface area (Å²) in [5.41, 5.74) is 2.51. The van der Waals surface area contributed by atoms with E-state index in [9.17, 15) is 5.11 Å². The Morgan fingerprint density at radius 1 is 0.926 bits per heavy atom. The number of ether oxygens (including phenoxy) is 2. The number of para-hydroxylation sites is 1. The van der Waals surface area contributed by atoms with Crippen LogP contribution in [-0.4, -0.2) is 41.8 Å². The second-order valence-electron chi connectivity index (χ2n) is 8.35. The van der Waals surface area contributed by atoms with Crippen molar-refractivity contribution in [1.29, 1.82) is 0 Å². The minimum Gasteiger partial charge on any atom is -0.487 e. The summed E-state index contributed by atoms with van der Waals surface area (Å²) in [7, 11) is 0. The number of hydrogen-bond donors (Lipinski definition) is 1. The van der Waals surface area contributed by atoms with Gasteiger partial charge in [0.15, 0.2) is 0 Å². The van der Waals surface area contributed by atoms with Crippen LogP contribution in [0.4, 0.5) is 0 Å². The number of nitrogens with zero attached hydrogens (tertiary/aromatic N) is 1. The molecule has 1 saturated heterocycles. The summed E-state index contributed by atoms with van der Waals surface area (Å²) in [6.45, 7) is 3.49. The van der Waals surface area contributed by atoms with Crippen molar-refractivity contribution >= 4 is 0 Å². The van der Waals surface area contributed by atoms with Crippen molar-refractivity contribution < 1.29 is 14.6 Å². The molecule has 1 unspecified atom stereocenters. The molecule has 5 rings (SSSR count). The average molecular weight is 365 g/mol. The lowest BCUT2D eigenvalue weighted by Crippen LogP contribution is -2.54. The Labute approximate surface area is 160 Å². The topological polar surface area (TPSA) is 41.9 Å². The molecule has 0 amide bonds. The largest absolute Gasteiger partial charge is 0.487 e. The van der Waals surface area contributed by atoms with Crippen LogP contribution in [-0.2, 0) is 23.4 Å². The van der Waals surface area contributed by atoms with Gasteiger partial charge in [-0.15, -0.1) is 0 Å². The van der Waals surface area contributed by atoms with E-state index in [1.54, 1.807) is 0 Å². The van der Waals surface area contributed by atoms with Crippen molar-refractivity contribution in [1.82, 2.24) is 4.90 Å². The second-order valence-corrected chi connectivity index (χ2v) is 8.35. The molecule has 27 heavy (non-hydrogen) atoms. The summed E-state index contributed by atoms with van der Waals surface area (Å²) >= 11 is 0. The van der Waals surface area contributed by atoms with Gasteiger partial charge in [-0.2, -0.15) is 0 Å². The predicted octanol–water partition coefficient (Wildman–Crippen LogP) is 3.26. The number of β-amino-alcohol motifs (C(OH)–C–C–N with tert-alkyl or cyclic N) is 1. The third-order valence-electron chi connectivity index (χ3n) is 6.52. The van der Waals surface area contributed by atoms with Crippen molar-refractivity contribution in [2.45, 2.75) is 43.5 Å². The molecular formula is C23H27NO3. The first kappa shape index (κ1) is 17.2. The van der Waals surface area contributed by atoms with Gasteiger partial charge >= 0.3 is 0 Å². The Hall–Kier alpha value is -1.88. The summed E-state index contributed by atoms with van der Waals surface area (Å²) in [5, 5.41) is 11.3. The third kappa shape index (κ3) is 3.16. The fourth-order valence-electron chi connectivity index (χ4n) is 4.94. The van der Waals surface area contributed by atoms with Gasteiger partial charge in [0, 0.05) is 19.6 Å². The van der Waals surface area contributed by atoms with E-state index < -0.39 is 5.60 Å². The van der Waals surface area contributed by atoms with Gasteiger partial charge < -0.3 is 14.6 Å². The molecule has 2 aromatic carbocycles. The molecule has 0 saturated carbocycles. The van der Waals surface area contributed by atoms with Crippen molar-refractivity contribution in [2.24, 2.45) is 0 Å². The van der Waals surface area contributed by atoms with Crippen molar-refractivity contribution in [3.63, 3.8) is 0 Å². The molecule has 0 radical (unpaired) electrons. The molecule has 4 heteroatoms. The van der Waals surface area contributed by atoms with E-state index in [4.69, 9.17) is 9.47 Å². The SMILES string of the molecule is OC1(CN2CCC3(CCc4ccccc4O3)CC2)COCc2ccccc21. The Kier molecular flexibility index (Phi) is 4.23. The first-order chi connectivity index (χ1) is 13.2. The highest BCUT2D eigenvalue weighted by molar-refractivity contribution is 5.36. The minimum atomic E-state index is -0.917.